The van der Waals surface area contributed by atoms with Gasteiger partial charge in [0.2, 0.25) is 5.91 Å². The molecular formula is C19H25N3O2. The van der Waals surface area contributed by atoms with E-state index >= 15 is 0 Å². The van der Waals surface area contributed by atoms with Crippen LogP contribution in [0.3, 0.4) is 0 Å². The van der Waals surface area contributed by atoms with Crippen LogP contribution in [0, 0.1) is 0 Å². The zero-order chi connectivity index (χ0) is 16.9. The molecule has 128 valence electrons. The predicted octanol–water partition coefficient (Wildman–Crippen LogP) is 3.67. The molecule has 3 rings (SSSR count). The summed E-state index contributed by atoms with van der Waals surface area (Å²) in [6, 6.07) is 7.90. The van der Waals surface area contributed by atoms with Gasteiger partial charge in [0.25, 0.3) is 0 Å². The molecule has 1 fully saturated rings. The highest BCUT2D eigenvalue weighted by molar-refractivity contribution is 5.84. The first-order valence-corrected chi connectivity index (χ1v) is 8.68. The fraction of sp³-hybridized carbons (Fsp3) is 0.474. The monoisotopic (exact) mass is 327 g/mol. The van der Waals surface area contributed by atoms with Gasteiger partial charge in [0.1, 0.15) is 11.6 Å². The molecule has 0 spiro atoms. The van der Waals surface area contributed by atoms with Gasteiger partial charge in [0, 0.05) is 18.9 Å². The third-order valence-electron chi connectivity index (χ3n) is 4.85. The molecule has 0 saturated carbocycles. The molecule has 24 heavy (non-hydrogen) atoms. The van der Waals surface area contributed by atoms with Crippen LogP contribution in [0.5, 0.6) is 5.75 Å². The molecule has 1 aromatic heterocycles. The number of nitrogens with one attached hydrogen (secondary N) is 1. The van der Waals surface area contributed by atoms with E-state index in [0.29, 0.717) is 0 Å². The Bertz CT molecular complexity index is 652. The summed E-state index contributed by atoms with van der Waals surface area (Å²) in [6.45, 7) is 2.87. The summed E-state index contributed by atoms with van der Waals surface area (Å²) < 4.78 is 5.22. The first-order valence-electron chi connectivity index (χ1n) is 8.68. The van der Waals surface area contributed by atoms with Gasteiger partial charge in [-0.05, 0) is 43.4 Å². The smallest absolute Gasteiger partial charge is 0.230 e. The zero-order valence-electron chi connectivity index (χ0n) is 14.4. The molecule has 2 atom stereocenters. The van der Waals surface area contributed by atoms with Crippen LogP contribution in [-0.4, -0.2) is 34.4 Å². The maximum atomic E-state index is 13.2. The van der Waals surface area contributed by atoms with E-state index in [1.807, 2.05) is 35.4 Å². The average molecular weight is 327 g/mol. The molecule has 1 aliphatic rings. The summed E-state index contributed by atoms with van der Waals surface area (Å²) in [5.41, 5.74) is 1.05. The second kappa shape index (κ2) is 7.51. The number of H-pyrrole nitrogens is 1. The van der Waals surface area contributed by atoms with Crippen molar-refractivity contribution in [1.82, 2.24) is 14.9 Å². The summed E-state index contributed by atoms with van der Waals surface area (Å²) in [7, 11) is 1.65. The zero-order valence-corrected chi connectivity index (χ0v) is 14.4. The third kappa shape index (κ3) is 3.30. The fourth-order valence-electron chi connectivity index (χ4n) is 3.53. The number of carbonyl (C=O) groups is 1. The van der Waals surface area contributed by atoms with Crippen molar-refractivity contribution >= 4 is 5.91 Å². The third-order valence-corrected chi connectivity index (χ3v) is 4.85. The number of nitrogens with zero attached hydrogens (tertiary/aromatic N) is 2. The number of methoxy groups -OCH3 is 1. The Kier molecular flexibility index (Phi) is 5.18. The van der Waals surface area contributed by atoms with Gasteiger partial charge in [-0.3, -0.25) is 4.79 Å². The van der Waals surface area contributed by atoms with Crippen molar-refractivity contribution in [2.75, 3.05) is 13.7 Å². The second-order valence-corrected chi connectivity index (χ2v) is 6.25. The number of likely N-dealkylation sites (tertiary alicyclic amines) is 1. The van der Waals surface area contributed by atoms with Gasteiger partial charge in [0.05, 0.1) is 19.1 Å². The molecule has 1 amide bonds. The SMILES string of the molecule is CC[C@@H](C(=O)N1CCCC[C@H]1c1ncc[nH]1)c1ccc(OC)cc1. The fourth-order valence-corrected chi connectivity index (χ4v) is 3.53. The lowest BCUT2D eigenvalue weighted by atomic mass is 9.92. The van der Waals surface area contributed by atoms with Crippen molar-refractivity contribution in [3.63, 3.8) is 0 Å². The topological polar surface area (TPSA) is 58.2 Å². The lowest BCUT2D eigenvalue weighted by Crippen LogP contribution is -2.41. The maximum absolute atomic E-state index is 13.2. The summed E-state index contributed by atoms with van der Waals surface area (Å²) >= 11 is 0. The molecule has 1 saturated heterocycles. The Labute approximate surface area is 143 Å². The Balaban J connectivity index is 1.83. The van der Waals surface area contributed by atoms with E-state index in [0.717, 1.165) is 49.4 Å². The van der Waals surface area contributed by atoms with Crippen LogP contribution in [0.2, 0.25) is 0 Å². The van der Waals surface area contributed by atoms with Gasteiger partial charge < -0.3 is 14.6 Å². The number of carbonyl (C=O) groups excluding carboxylic acids is 1. The van der Waals surface area contributed by atoms with E-state index in [-0.39, 0.29) is 17.9 Å². The number of amides is 1. The van der Waals surface area contributed by atoms with E-state index in [2.05, 4.69) is 16.9 Å². The summed E-state index contributed by atoms with van der Waals surface area (Å²) in [5, 5.41) is 0. The number of piperidine rings is 1. The molecule has 2 heterocycles. The second-order valence-electron chi connectivity index (χ2n) is 6.25. The number of ether oxygens (including phenoxy) is 1. The van der Waals surface area contributed by atoms with Crippen molar-refractivity contribution in [1.29, 1.82) is 0 Å². The van der Waals surface area contributed by atoms with E-state index in [9.17, 15) is 4.79 Å². The molecule has 0 bridgehead atoms. The van der Waals surface area contributed by atoms with Crippen LogP contribution < -0.4 is 4.74 Å². The molecule has 5 nitrogen and oxygen atoms in total. The normalized spacial score (nSPS) is 19.1. The van der Waals surface area contributed by atoms with Gasteiger partial charge in [-0.2, -0.15) is 0 Å². The Morgan fingerprint density at radius 3 is 2.79 bits per heavy atom. The molecule has 1 aromatic carbocycles. The first kappa shape index (κ1) is 16.6. The van der Waals surface area contributed by atoms with E-state index < -0.39 is 0 Å². The summed E-state index contributed by atoms with van der Waals surface area (Å²) in [5.74, 6) is 1.79. The molecule has 0 radical (unpaired) electrons. The van der Waals surface area contributed by atoms with Crippen molar-refractivity contribution in [2.45, 2.75) is 44.6 Å². The van der Waals surface area contributed by atoms with Gasteiger partial charge in [-0.1, -0.05) is 19.1 Å². The molecule has 1 aliphatic heterocycles. The van der Waals surface area contributed by atoms with Crippen LogP contribution in [0.4, 0.5) is 0 Å². The van der Waals surface area contributed by atoms with Gasteiger partial charge in [0.15, 0.2) is 0 Å². The number of aromatic amines is 1. The first-order chi connectivity index (χ1) is 11.7. The summed E-state index contributed by atoms with van der Waals surface area (Å²) in [4.78, 5) is 22.8. The molecule has 0 aliphatic carbocycles. The number of hydrogen-bond acceptors (Lipinski definition) is 3. The van der Waals surface area contributed by atoms with Crippen molar-refractivity contribution in [2.24, 2.45) is 0 Å². The Morgan fingerprint density at radius 1 is 1.38 bits per heavy atom. The average Bonchev–Trinajstić information content (AvgIpc) is 3.17. The molecule has 2 aromatic rings. The lowest BCUT2D eigenvalue weighted by molar-refractivity contribution is -0.137. The highest BCUT2D eigenvalue weighted by atomic mass is 16.5. The number of hydrogen-bond donors (Lipinski definition) is 1. The summed E-state index contributed by atoms with van der Waals surface area (Å²) in [6.07, 6.45) is 7.53. The number of imidazole rings is 1. The highest BCUT2D eigenvalue weighted by Gasteiger charge is 2.33. The minimum Gasteiger partial charge on any atom is -0.497 e. The van der Waals surface area contributed by atoms with Crippen molar-refractivity contribution in [3.8, 4) is 5.75 Å². The molecule has 1 N–H and O–H groups in total. The predicted molar refractivity (Wildman–Crippen MR) is 92.9 cm³/mol. The van der Waals surface area contributed by atoms with Crippen LogP contribution in [0.15, 0.2) is 36.7 Å². The highest BCUT2D eigenvalue weighted by Crippen LogP contribution is 2.33. The van der Waals surface area contributed by atoms with Crippen LogP contribution in [0.25, 0.3) is 0 Å². The van der Waals surface area contributed by atoms with E-state index in [1.165, 1.54) is 0 Å². The van der Waals surface area contributed by atoms with Crippen molar-refractivity contribution in [3.05, 3.63) is 48.0 Å². The number of aromatic nitrogens is 2. The van der Waals surface area contributed by atoms with Crippen LogP contribution in [-0.2, 0) is 4.79 Å². The maximum Gasteiger partial charge on any atom is 0.230 e. The minimum atomic E-state index is -0.119. The quantitative estimate of drug-likeness (QED) is 0.911. The van der Waals surface area contributed by atoms with Crippen LogP contribution in [0.1, 0.15) is 56.0 Å². The number of rotatable bonds is 5. The molecular weight excluding hydrogens is 302 g/mol. The standard InChI is InChI=1S/C19H25N3O2/c1-3-16(14-7-9-15(24-2)10-8-14)19(23)22-13-5-4-6-17(22)18-20-11-12-21-18/h7-12,16-17H,3-6,13H2,1-2H3,(H,20,21)/t16-,17+/m1/s1. The Morgan fingerprint density at radius 2 is 2.17 bits per heavy atom. The van der Waals surface area contributed by atoms with Crippen LogP contribution >= 0.6 is 0 Å². The van der Waals surface area contributed by atoms with Crippen molar-refractivity contribution < 1.29 is 9.53 Å². The van der Waals surface area contributed by atoms with E-state index in [1.54, 1.807) is 13.3 Å². The molecule has 5 heteroatoms. The van der Waals surface area contributed by atoms with Gasteiger partial charge >= 0.3 is 0 Å². The minimum absolute atomic E-state index is 0.0635. The Hall–Kier alpha value is -2.30. The lowest BCUT2D eigenvalue weighted by Gasteiger charge is -2.37. The van der Waals surface area contributed by atoms with E-state index in [4.69, 9.17) is 4.74 Å². The number of benzene rings is 1. The van der Waals surface area contributed by atoms with Gasteiger partial charge in [-0.15, -0.1) is 0 Å². The largest absolute Gasteiger partial charge is 0.497 e. The van der Waals surface area contributed by atoms with Gasteiger partial charge in [-0.25, -0.2) is 4.98 Å². The molecule has 0 unspecified atom stereocenters.